The molecule has 21 heavy (non-hydrogen) atoms. The van der Waals surface area contributed by atoms with Crippen LogP contribution in [0.25, 0.3) is 0 Å². The van der Waals surface area contributed by atoms with E-state index in [1.807, 2.05) is 17.9 Å². The van der Waals surface area contributed by atoms with Gasteiger partial charge in [-0.2, -0.15) is 5.10 Å². The first-order valence-electron chi connectivity index (χ1n) is 7.14. The van der Waals surface area contributed by atoms with Gasteiger partial charge in [-0.3, -0.25) is 9.89 Å². The molecule has 112 valence electrons. The van der Waals surface area contributed by atoms with E-state index in [9.17, 15) is 4.79 Å². The topological polar surface area (TPSA) is 87.9 Å². The van der Waals surface area contributed by atoms with Crippen molar-refractivity contribution in [2.75, 3.05) is 13.1 Å². The Balaban J connectivity index is 1.71. The number of nitrogens with one attached hydrogen (secondary N) is 1. The quantitative estimate of drug-likeness (QED) is 0.906. The maximum Gasteiger partial charge on any atom is 0.273 e. The summed E-state index contributed by atoms with van der Waals surface area (Å²) >= 11 is 1.45. The molecule has 2 aromatic rings. The molecule has 1 saturated heterocycles. The van der Waals surface area contributed by atoms with Crippen LogP contribution >= 0.6 is 11.3 Å². The van der Waals surface area contributed by atoms with Gasteiger partial charge in [0.15, 0.2) is 0 Å². The van der Waals surface area contributed by atoms with Crippen molar-refractivity contribution in [3.8, 4) is 0 Å². The highest BCUT2D eigenvalue weighted by Gasteiger charge is 2.27. The molecular weight excluding hydrogens is 286 g/mol. The number of rotatable bonds is 3. The van der Waals surface area contributed by atoms with Crippen LogP contribution in [0.15, 0.2) is 17.6 Å². The minimum Gasteiger partial charge on any atom is -0.337 e. The Labute approximate surface area is 127 Å². The molecule has 7 heteroatoms. The Morgan fingerprint density at radius 2 is 2.48 bits per heavy atom. The van der Waals surface area contributed by atoms with Gasteiger partial charge in [0.05, 0.1) is 6.04 Å². The first-order valence-corrected chi connectivity index (χ1v) is 8.02. The SMILES string of the molecule is CC(N)c1nc(C(=O)N2CCCC(c3ccn[nH]3)C2)cs1. The first kappa shape index (κ1) is 14.2. The van der Waals surface area contributed by atoms with E-state index in [0.29, 0.717) is 18.2 Å². The van der Waals surface area contributed by atoms with Crippen molar-refractivity contribution in [3.63, 3.8) is 0 Å². The van der Waals surface area contributed by atoms with Crippen LogP contribution in [0.5, 0.6) is 0 Å². The van der Waals surface area contributed by atoms with Crippen LogP contribution in [0.1, 0.15) is 52.9 Å². The first-order chi connectivity index (χ1) is 10.1. The summed E-state index contributed by atoms with van der Waals surface area (Å²) in [5.41, 5.74) is 7.41. The fraction of sp³-hybridized carbons (Fsp3) is 0.500. The van der Waals surface area contributed by atoms with E-state index in [-0.39, 0.29) is 11.9 Å². The van der Waals surface area contributed by atoms with E-state index in [2.05, 4.69) is 15.2 Å². The van der Waals surface area contributed by atoms with Crippen LogP contribution in [-0.2, 0) is 0 Å². The number of likely N-dealkylation sites (tertiary alicyclic amines) is 1. The molecule has 0 saturated carbocycles. The lowest BCUT2D eigenvalue weighted by atomic mass is 9.95. The number of aromatic amines is 1. The van der Waals surface area contributed by atoms with Gasteiger partial charge < -0.3 is 10.6 Å². The van der Waals surface area contributed by atoms with Crippen LogP contribution in [-0.4, -0.2) is 39.1 Å². The molecule has 6 nitrogen and oxygen atoms in total. The highest BCUT2D eigenvalue weighted by Crippen LogP contribution is 2.26. The normalized spacial score (nSPS) is 20.5. The highest BCUT2D eigenvalue weighted by molar-refractivity contribution is 7.09. The minimum absolute atomic E-state index is 0.00219. The van der Waals surface area contributed by atoms with Gasteiger partial charge in [-0.25, -0.2) is 4.98 Å². The van der Waals surface area contributed by atoms with Crippen molar-refractivity contribution in [1.29, 1.82) is 0 Å². The summed E-state index contributed by atoms with van der Waals surface area (Å²) in [6, 6.07) is 1.85. The third-order valence-electron chi connectivity index (χ3n) is 3.80. The van der Waals surface area contributed by atoms with Crippen LogP contribution in [0.3, 0.4) is 0 Å². The number of hydrogen-bond donors (Lipinski definition) is 2. The van der Waals surface area contributed by atoms with Crippen molar-refractivity contribution in [1.82, 2.24) is 20.1 Å². The van der Waals surface area contributed by atoms with Crippen LogP contribution < -0.4 is 5.73 Å². The average molecular weight is 305 g/mol. The molecule has 2 unspecified atom stereocenters. The third-order valence-corrected chi connectivity index (χ3v) is 4.85. The summed E-state index contributed by atoms with van der Waals surface area (Å²) in [4.78, 5) is 18.8. The van der Waals surface area contributed by atoms with Gasteiger partial charge in [0.1, 0.15) is 10.7 Å². The second-order valence-corrected chi connectivity index (χ2v) is 6.35. The van der Waals surface area contributed by atoms with Crippen molar-refractivity contribution < 1.29 is 4.79 Å². The fourth-order valence-electron chi connectivity index (χ4n) is 2.67. The second kappa shape index (κ2) is 5.95. The molecule has 2 aromatic heterocycles. The summed E-state index contributed by atoms with van der Waals surface area (Å²) in [5.74, 6) is 0.333. The van der Waals surface area contributed by atoms with E-state index < -0.39 is 0 Å². The Morgan fingerprint density at radius 1 is 1.62 bits per heavy atom. The van der Waals surface area contributed by atoms with Crippen LogP contribution in [0, 0.1) is 0 Å². The lowest BCUT2D eigenvalue weighted by Crippen LogP contribution is -2.39. The van der Waals surface area contributed by atoms with E-state index >= 15 is 0 Å². The zero-order valence-electron chi connectivity index (χ0n) is 12.0. The molecule has 1 fully saturated rings. The minimum atomic E-state index is -0.129. The molecule has 3 heterocycles. The smallest absolute Gasteiger partial charge is 0.273 e. The maximum absolute atomic E-state index is 12.6. The molecule has 0 spiro atoms. The van der Waals surface area contributed by atoms with E-state index in [0.717, 1.165) is 30.1 Å². The molecule has 1 aliphatic heterocycles. The number of thiazole rings is 1. The van der Waals surface area contributed by atoms with E-state index in [1.54, 1.807) is 11.6 Å². The summed E-state index contributed by atoms with van der Waals surface area (Å²) in [6.45, 7) is 3.38. The fourth-order valence-corrected chi connectivity index (χ4v) is 3.42. The second-order valence-electron chi connectivity index (χ2n) is 5.46. The van der Waals surface area contributed by atoms with Crippen LogP contribution in [0.2, 0.25) is 0 Å². The van der Waals surface area contributed by atoms with Crippen molar-refractivity contribution in [2.24, 2.45) is 5.73 Å². The molecule has 3 N–H and O–H groups in total. The van der Waals surface area contributed by atoms with Crippen molar-refractivity contribution >= 4 is 17.2 Å². The number of hydrogen-bond acceptors (Lipinski definition) is 5. The number of carbonyl (C=O) groups is 1. The average Bonchev–Trinajstić information content (AvgIpc) is 3.18. The Kier molecular flexibility index (Phi) is 4.03. The number of H-pyrrole nitrogens is 1. The number of piperidine rings is 1. The number of nitrogens with two attached hydrogens (primary N) is 1. The zero-order valence-corrected chi connectivity index (χ0v) is 12.8. The zero-order chi connectivity index (χ0) is 14.8. The third kappa shape index (κ3) is 2.98. The number of aromatic nitrogens is 3. The van der Waals surface area contributed by atoms with Gasteiger partial charge in [-0.1, -0.05) is 0 Å². The van der Waals surface area contributed by atoms with Gasteiger partial charge in [0.2, 0.25) is 0 Å². The lowest BCUT2D eigenvalue weighted by Gasteiger charge is -2.31. The summed E-state index contributed by atoms with van der Waals surface area (Å²) in [5, 5.41) is 9.61. The Bertz CT molecular complexity index is 607. The van der Waals surface area contributed by atoms with E-state index in [1.165, 1.54) is 11.3 Å². The Morgan fingerprint density at radius 3 is 3.14 bits per heavy atom. The number of carbonyl (C=O) groups excluding carboxylic acids is 1. The van der Waals surface area contributed by atoms with Gasteiger partial charge in [-0.15, -0.1) is 11.3 Å². The molecule has 0 bridgehead atoms. The molecule has 3 rings (SSSR count). The van der Waals surface area contributed by atoms with E-state index in [4.69, 9.17) is 5.73 Å². The summed E-state index contributed by atoms with van der Waals surface area (Å²) < 4.78 is 0. The molecule has 2 atom stereocenters. The predicted octanol–water partition coefficient (Wildman–Crippen LogP) is 1.91. The standard InChI is InChI=1S/C14H19N5OS/c1-9(15)13-17-12(8-21-13)14(20)19-6-2-3-10(7-19)11-4-5-16-18-11/h4-5,8-10H,2-3,6-7,15H2,1H3,(H,16,18). The van der Waals surface area contributed by atoms with Crippen LogP contribution in [0.4, 0.5) is 0 Å². The molecular formula is C14H19N5OS. The number of nitrogens with zero attached hydrogens (tertiary/aromatic N) is 3. The van der Waals surface area contributed by atoms with Gasteiger partial charge in [0, 0.05) is 36.3 Å². The Hall–Kier alpha value is -1.73. The highest BCUT2D eigenvalue weighted by atomic mass is 32.1. The molecule has 1 aliphatic rings. The molecule has 0 radical (unpaired) electrons. The maximum atomic E-state index is 12.6. The molecule has 0 aromatic carbocycles. The van der Waals surface area contributed by atoms with Gasteiger partial charge >= 0.3 is 0 Å². The number of amides is 1. The lowest BCUT2D eigenvalue weighted by molar-refractivity contribution is 0.0700. The van der Waals surface area contributed by atoms with Gasteiger partial charge in [-0.05, 0) is 25.8 Å². The molecule has 0 aliphatic carbocycles. The summed E-state index contributed by atoms with van der Waals surface area (Å²) in [6.07, 6.45) is 3.83. The van der Waals surface area contributed by atoms with Gasteiger partial charge in [0.25, 0.3) is 5.91 Å². The largest absolute Gasteiger partial charge is 0.337 e. The monoisotopic (exact) mass is 305 g/mol. The summed E-state index contributed by atoms with van der Waals surface area (Å²) in [7, 11) is 0. The molecule has 1 amide bonds. The predicted molar refractivity (Wildman–Crippen MR) is 81.2 cm³/mol. The van der Waals surface area contributed by atoms with Crippen molar-refractivity contribution in [2.45, 2.75) is 31.7 Å². The van der Waals surface area contributed by atoms with Crippen molar-refractivity contribution in [3.05, 3.63) is 34.0 Å².